The van der Waals surface area contributed by atoms with Gasteiger partial charge in [-0.25, -0.2) is 0 Å². The topological polar surface area (TPSA) is 48.8 Å². The van der Waals surface area contributed by atoms with Crippen molar-refractivity contribution < 1.29 is 0 Å². The third-order valence-corrected chi connectivity index (χ3v) is 1.94. The largest absolute Gasteiger partial charge is 0.0898 e. The second-order valence-electron chi connectivity index (χ2n) is 1.62. The average Bonchev–Trinajstić information content (AvgIpc) is 1.67. The molecule has 0 unspecified atom stereocenters. The Morgan fingerprint density at radius 3 is 2.25 bits per heavy atom. The molecule has 46 valence electrons. The molecule has 0 heterocycles. The van der Waals surface area contributed by atoms with Gasteiger partial charge in [-0.3, -0.25) is 0 Å². The van der Waals surface area contributed by atoms with E-state index < -0.39 is 0 Å². The van der Waals surface area contributed by atoms with Crippen LogP contribution in [0.2, 0.25) is 0 Å². The molecule has 0 aromatic rings. The molecule has 0 radical (unpaired) electrons. The highest BCUT2D eigenvalue weighted by Crippen LogP contribution is 2.07. The number of rotatable bonds is 2. The summed E-state index contributed by atoms with van der Waals surface area (Å²) in [6, 6.07) is 0.112. The fourth-order valence-corrected chi connectivity index (χ4v) is 0.317. The van der Waals surface area contributed by atoms with Crippen LogP contribution >= 0.6 is 22.6 Å². The van der Waals surface area contributed by atoms with Crippen LogP contribution in [0.4, 0.5) is 0 Å². The van der Waals surface area contributed by atoms with Crippen LogP contribution in [0.1, 0.15) is 13.8 Å². The Labute approximate surface area is 62.2 Å². The Morgan fingerprint density at radius 2 is 2.12 bits per heavy atom. The Bertz CT molecular complexity index is 106. The number of alkyl halides is 1. The fourth-order valence-electron chi connectivity index (χ4n) is 0.173. The van der Waals surface area contributed by atoms with E-state index in [1.54, 1.807) is 0 Å². The Hall–Kier alpha value is 0.0400. The second-order valence-corrected chi connectivity index (χ2v) is 3.59. The average molecular weight is 225 g/mol. The highest BCUT2D eigenvalue weighted by molar-refractivity contribution is 14.1. The number of azide groups is 1. The lowest BCUT2D eigenvalue weighted by atomic mass is 10.3. The zero-order valence-corrected chi connectivity index (χ0v) is 7.03. The zero-order chi connectivity index (χ0) is 6.57. The normalized spacial score (nSPS) is 16.4. The van der Waals surface area contributed by atoms with Crippen molar-refractivity contribution >= 4 is 22.6 Å². The molecule has 8 heavy (non-hydrogen) atoms. The second kappa shape index (κ2) is 3.97. The SMILES string of the molecule is C[C@H](I)[C@@H](C)N=[N+]=[N-]. The molecule has 0 N–H and O–H groups in total. The van der Waals surface area contributed by atoms with E-state index in [2.05, 4.69) is 32.6 Å². The van der Waals surface area contributed by atoms with Crippen molar-refractivity contribution in [2.75, 3.05) is 0 Å². The molecule has 0 aliphatic carbocycles. The van der Waals surface area contributed by atoms with Crippen LogP contribution in [-0.2, 0) is 0 Å². The summed E-state index contributed by atoms with van der Waals surface area (Å²) in [5, 5.41) is 3.50. The highest BCUT2D eigenvalue weighted by Gasteiger charge is 2.03. The monoisotopic (exact) mass is 225 g/mol. The van der Waals surface area contributed by atoms with Crippen LogP contribution in [-0.4, -0.2) is 9.97 Å². The van der Waals surface area contributed by atoms with Crippen molar-refractivity contribution in [3.05, 3.63) is 10.4 Å². The first-order valence-electron chi connectivity index (χ1n) is 2.36. The minimum atomic E-state index is 0.112. The first-order valence-corrected chi connectivity index (χ1v) is 3.61. The van der Waals surface area contributed by atoms with Gasteiger partial charge in [0, 0.05) is 14.9 Å². The number of halogens is 1. The van der Waals surface area contributed by atoms with Gasteiger partial charge in [-0.2, -0.15) is 0 Å². The fraction of sp³-hybridized carbons (Fsp3) is 1.00. The molecule has 0 fully saturated rings. The third-order valence-electron chi connectivity index (χ3n) is 0.899. The molecule has 0 spiro atoms. The standard InChI is InChI=1S/C4H8IN3/c1-3(5)4(2)7-8-6/h3-4H,1-2H3/t3-,4+/m0/s1. The summed E-state index contributed by atoms with van der Waals surface area (Å²) >= 11 is 2.23. The maximum Gasteiger partial charge on any atom is 0.0460 e. The van der Waals surface area contributed by atoms with Crippen LogP contribution in [0.15, 0.2) is 5.11 Å². The summed E-state index contributed by atoms with van der Waals surface area (Å²) in [7, 11) is 0. The molecule has 0 rings (SSSR count). The van der Waals surface area contributed by atoms with Gasteiger partial charge in [0.25, 0.3) is 0 Å². The minimum Gasteiger partial charge on any atom is -0.0898 e. The van der Waals surface area contributed by atoms with E-state index in [9.17, 15) is 0 Å². The maximum absolute atomic E-state index is 7.94. The Balaban J connectivity index is 3.63. The number of hydrogen-bond acceptors (Lipinski definition) is 1. The van der Waals surface area contributed by atoms with Crippen molar-refractivity contribution in [3.63, 3.8) is 0 Å². The van der Waals surface area contributed by atoms with Crippen LogP contribution in [0, 0.1) is 0 Å². The zero-order valence-electron chi connectivity index (χ0n) is 4.87. The third kappa shape index (κ3) is 3.10. The summed E-state index contributed by atoms with van der Waals surface area (Å²) in [5.74, 6) is 0. The van der Waals surface area contributed by atoms with Crippen molar-refractivity contribution in [3.8, 4) is 0 Å². The van der Waals surface area contributed by atoms with E-state index in [-0.39, 0.29) is 6.04 Å². The van der Waals surface area contributed by atoms with E-state index in [0.717, 1.165) is 0 Å². The van der Waals surface area contributed by atoms with Gasteiger partial charge in [-0.1, -0.05) is 41.6 Å². The molecule has 0 saturated heterocycles. The molecule has 2 atom stereocenters. The van der Waals surface area contributed by atoms with E-state index >= 15 is 0 Å². The van der Waals surface area contributed by atoms with Gasteiger partial charge in [0.15, 0.2) is 0 Å². The van der Waals surface area contributed by atoms with Crippen molar-refractivity contribution in [1.29, 1.82) is 0 Å². The summed E-state index contributed by atoms with van der Waals surface area (Å²) in [4.78, 5) is 2.68. The lowest BCUT2D eigenvalue weighted by molar-refractivity contribution is 0.744. The van der Waals surface area contributed by atoms with Crippen LogP contribution in [0.5, 0.6) is 0 Å². The molecule has 0 aromatic carbocycles. The van der Waals surface area contributed by atoms with Crippen LogP contribution in [0.25, 0.3) is 10.4 Å². The minimum absolute atomic E-state index is 0.112. The molecular weight excluding hydrogens is 217 g/mol. The molecule has 4 heteroatoms. The summed E-state index contributed by atoms with van der Waals surface area (Å²) in [5.41, 5.74) is 7.94. The van der Waals surface area contributed by atoms with Gasteiger partial charge < -0.3 is 0 Å². The van der Waals surface area contributed by atoms with E-state index in [0.29, 0.717) is 3.92 Å². The molecule has 0 bridgehead atoms. The molecule has 3 nitrogen and oxygen atoms in total. The predicted molar refractivity (Wildman–Crippen MR) is 42.1 cm³/mol. The van der Waals surface area contributed by atoms with Gasteiger partial charge in [0.2, 0.25) is 0 Å². The molecular formula is C4H8IN3. The maximum atomic E-state index is 7.94. The van der Waals surface area contributed by atoms with Gasteiger partial charge in [-0.15, -0.1) is 0 Å². The first kappa shape index (κ1) is 8.04. The lowest BCUT2D eigenvalue weighted by Crippen LogP contribution is -2.07. The van der Waals surface area contributed by atoms with Gasteiger partial charge >= 0.3 is 0 Å². The Morgan fingerprint density at radius 1 is 1.62 bits per heavy atom. The summed E-state index contributed by atoms with van der Waals surface area (Å²) in [6.07, 6.45) is 0. The quantitative estimate of drug-likeness (QED) is 0.228. The van der Waals surface area contributed by atoms with E-state index in [4.69, 9.17) is 5.53 Å². The summed E-state index contributed by atoms with van der Waals surface area (Å²) < 4.78 is 0.420. The first-order chi connectivity index (χ1) is 3.68. The van der Waals surface area contributed by atoms with Crippen molar-refractivity contribution in [2.45, 2.75) is 23.8 Å². The molecule has 0 aliphatic heterocycles. The number of hydrogen-bond donors (Lipinski definition) is 0. The van der Waals surface area contributed by atoms with Crippen LogP contribution in [0.3, 0.4) is 0 Å². The van der Waals surface area contributed by atoms with Crippen molar-refractivity contribution in [2.24, 2.45) is 5.11 Å². The van der Waals surface area contributed by atoms with E-state index in [1.807, 2.05) is 13.8 Å². The highest BCUT2D eigenvalue weighted by atomic mass is 127. The summed E-state index contributed by atoms with van der Waals surface area (Å²) in [6.45, 7) is 3.91. The number of nitrogens with zero attached hydrogens (tertiary/aromatic N) is 3. The molecule has 0 amide bonds. The van der Waals surface area contributed by atoms with Crippen LogP contribution < -0.4 is 0 Å². The molecule has 0 aliphatic rings. The Kier molecular flexibility index (Phi) is 3.99. The van der Waals surface area contributed by atoms with Gasteiger partial charge in [-0.05, 0) is 5.53 Å². The predicted octanol–water partition coefficient (Wildman–Crippen LogP) is 2.51. The van der Waals surface area contributed by atoms with Gasteiger partial charge in [0.05, 0.1) is 0 Å². The van der Waals surface area contributed by atoms with Gasteiger partial charge in [0.1, 0.15) is 0 Å². The molecule has 0 aromatic heterocycles. The van der Waals surface area contributed by atoms with Crippen molar-refractivity contribution in [1.82, 2.24) is 0 Å². The van der Waals surface area contributed by atoms with E-state index in [1.165, 1.54) is 0 Å². The smallest absolute Gasteiger partial charge is 0.0460 e. The lowest BCUT2D eigenvalue weighted by Gasteiger charge is -2.03. The molecule has 0 saturated carbocycles.